The number of amides is 1. The SMILES string of the molecule is COc1cc(C(=O)O[C@@H](C)C(=O)Nc2c(C)cccc2C(C)C)cc2c1OCCO2. The predicted molar refractivity (Wildman–Crippen MR) is 113 cm³/mol. The lowest BCUT2D eigenvalue weighted by Crippen LogP contribution is -2.30. The Kier molecular flexibility index (Phi) is 6.50. The third kappa shape index (κ3) is 4.50. The molecule has 1 N–H and O–H groups in total. The fourth-order valence-corrected chi connectivity index (χ4v) is 3.24. The van der Waals surface area contributed by atoms with E-state index in [0.717, 1.165) is 16.8 Å². The van der Waals surface area contributed by atoms with Crippen LogP contribution in [0.2, 0.25) is 0 Å². The van der Waals surface area contributed by atoms with Gasteiger partial charge < -0.3 is 24.3 Å². The molecule has 2 aromatic rings. The summed E-state index contributed by atoms with van der Waals surface area (Å²) in [5, 5.41) is 2.90. The smallest absolute Gasteiger partial charge is 0.339 e. The monoisotopic (exact) mass is 413 g/mol. The van der Waals surface area contributed by atoms with Gasteiger partial charge in [0.1, 0.15) is 13.2 Å². The molecule has 3 rings (SSSR count). The van der Waals surface area contributed by atoms with E-state index in [0.29, 0.717) is 30.5 Å². The van der Waals surface area contributed by atoms with Crippen molar-refractivity contribution in [3.05, 3.63) is 47.0 Å². The predicted octanol–water partition coefficient (Wildman–Crippen LogP) is 4.08. The molecule has 7 nitrogen and oxygen atoms in total. The van der Waals surface area contributed by atoms with E-state index in [-0.39, 0.29) is 11.5 Å². The van der Waals surface area contributed by atoms with Crippen LogP contribution in [0.15, 0.2) is 30.3 Å². The van der Waals surface area contributed by atoms with Gasteiger partial charge in [0.25, 0.3) is 5.91 Å². The first-order valence-corrected chi connectivity index (χ1v) is 9.90. The normalized spacial score (nSPS) is 13.5. The lowest BCUT2D eigenvalue weighted by Gasteiger charge is -2.22. The highest BCUT2D eigenvalue weighted by molar-refractivity contribution is 5.98. The highest BCUT2D eigenvalue weighted by atomic mass is 16.6. The van der Waals surface area contributed by atoms with Crippen molar-refractivity contribution >= 4 is 17.6 Å². The van der Waals surface area contributed by atoms with E-state index in [1.165, 1.54) is 26.2 Å². The van der Waals surface area contributed by atoms with Crippen molar-refractivity contribution in [2.45, 2.75) is 39.7 Å². The lowest BCUT2D eigenvalue weighted by molar-refractivity contribution is -0.123. The van der Waals surface area contributed by atoms with Crippen LogP contribution in [0.3, 0.4) is 0 Å². The second-order valence-electron chi connectivity index (χ2n) is 7.43. The van der Waals surface area contributed by atoms with Crippen LogP contribution in [0, 0.1) is 6.92 Å². The van der Waals surface area contributed by atoms with Crippen molar-refractivity contribution in [2.24, 2.45) is 0 Å². The number of nitrogens with one attached hydrogen (secondary N) is 1. The fourth-order valence-electron chi connectivity index (χ4n) is 3.24. The average molecular weight is 413 g/mol. The van der Waals surface area contributed by atoms with E-state index in [1.54, 1.807) is 0 Å². The van der Waals surface area contributed by atoms with Gasteiger partial charge in [-0.25, -0.2) is 4.79 Å². The molecule has 1 aliphatic rings. The number of hydrogen-bond donors (Lipinski definition) is 1. The number of methoxy groups -OCH3 is 1. The Morgan fingerprint density at radius 2 is 1.83 bits per heavy atom. The van der Waals surface area contributed by atoms with Crippen LogP contribution in [0.4, 0.5) is 5.69 Å². The minimum Gasteiger partial charge on any atom is -0.493 e. The minimum atomic E-state index is -0.990. The number of carbonyl (C=O) groups is 2. The van der Waals surface area contributed by atoms with Gasteiger partial charge in [0, 0.05) is 5.69 Å². The number of rotatable bonds is 6. The van der Waals surface area contributed by atoms with Crippen molar-refractivity contribution in [1.29, 1.82) is 0 Å². The summed E-state index contributed by atoms with van der Waals surface area (Å²) in [5.41, 5.74) is 2.94. The molecule has 0 spiro atoms. The van der Waals surface area contributed by atoms with Crippen LogP contribution in [0.1, 0.15) is 48.2 Å². The summed E-state index contributed by atoms with van der Waals surface area (Å²) in [6, 6.07) is 8.91. The first-order valence-electron chi connectivity index (χ1n) is 9.90. The van der Waals surface area contributed by atoms with Crippen LogP contribution < -0.4 is 19.5 Å². The van der Waals surface area contributed by atoms with E-state index >= 15 is 0 Å². The van der Waals surface area contributed by atoms with Crippen molar-refractivity contribution in [3.63, 3.8) is 0 Å². The zero-order valence-corrected chi connectivity index (χ0v) is 17.9. The third-order valence-electron chi connectivity index (χ3n) is 4.89. The lowest BCUT2D eigenvalue weighted by atomic mass is 9.98. The van der Waals surface area contributed by atoms with Gasteiger partial charge in [-0.05, 0) is 43.0 Å². The molecule has 0 unspecified atom stereocenters. The number of esters is 1. The molecule has 1 heterocycles. The van der Waals surface area contributed by atoms with Gasteiger partial charge in [0.15, 0.2) is 17.6 Å². The zero-order valence-electron chi connectivity index (χ0n) is 17.9. The molecule has 0 fully saturated rings. The highest BCUT2D eigenvalue weighted by Crippen LogP contribution is 2.40. The summed E-state index contributed by atoms with van der Waals surface area (Å²) >= 11 is 0. The summed E-state index contributed by atoms with van der Waals surface area (Å²) in [5.74, 6) is 0.421. The molecule has 160 valence electrons. The number of anilines is 1. The maximum atomic E-state index is 12.7. The third-order valence-corrected chi connectivity index (χ3v) is 4.89. The van der Waals surface area contributed by atoms with E-state index in [1.807, 2.05) is 25.1 Å². The van der Waals surface area contributed by atoms with Gasteiger partial charge in [-0.2, -0.15) is 0 Å². The Balaban J connectivity index is 1.74. The molecule has 0 saturated heterocycles. The number of fused-ring (bicyclic) bond motifs is 1. The van der Waals surface area contributed by atoms with Crippen molar-refractivity contribution in [3.8, 4) is 17.2 Å². The van der Waals surface area contributed by atoms with Crippen molar-refractivity contribution in [1.82, 2.24) is 0 Å². The molecule has 30 heavy (non-hydrogen) atoms. The molecule has 0 radical (unpaired) electrons. The number of carbonyl (C=O) groups excluding carboxylic acids is 2. The zero-order chi connectivity index (χ0) is 21.8. The summed E-state index contributed by atoms with van der Waals surface area (Å²) in [4.78, 5) is 25.4. The van der Waals surface area contributed by atoms with Gasteiger partial charge in [-0.3, -0.25) is 4.79 Å². The topological polar surface area (TPSA) is 83.1 Å². The Hall–Kier alpha value is -3.22. The molecule has 1 amide bonds. The van der Waals surface area contributed by atoms with Crippen LogP contribution in [-0.4, -0.2) is 38.3 Å². The van der Waals surface area contributed by atoms with E-state index in [9.17, 15) is 9.59 Å². The quantitative estimate of drug-likeness (QED) is 0.719. The average Bonchev–Trinajstić information content (AvgIpc) is 2.73. The summed E-state index contributed by atoms with van der Waals surface area (Å²) in [6.07, 6.45) is -0.990. The summed E-state index contributed by atoms with van der Waals surface area (Å²) in [7, 11) is 1.48. The van der Waals surface area contributed by atoms with Gasteiger partial charge in [-0.15, -0.1) is 0 Å². The van der Waals surface area contributed by atoms with Gasteiger partial charge in [-0.1, -0.05) is 32.0 Å². The molecular formula is C23H27NO6. The number of benzene rings is 2. The molecular weight excluding hydrogens is 386 g/mol. The molecule has 0 aliphatic carbocycles. The van der Waals surface area contributed by atoms with Gasteiger partial charge >= 0.3 is 5.97 Å². The molecule has 0 bridgehead atoms. The molecule has 7 heteroatoms. The molecule has 1 atom stereocenters. The van der Waals surface area contributed by atoms with Crippen molar-refractivity contribution < 1.29 is 28.5 Å². The van der Waals surface area contributed by atoms with Crippen molar-refractivity contribution in [2.75, 3.05) is 25.6 Å². The Morgan fingerprint density at radius 3 is 2.53 bits per heavy atom. The maximum absolute atomic E-state index is 12.7. The van der Waals surface area contributed by atoms with Crippen LogP contribution in [-0.2, 0) is 9.53 Å². The second-order valence-corrected chi connectivity index (χ2v) is 7.43. The fraction of sp³-hybridized carbons (Fsp3) is 0.391. The second kappa shape index (κ2) is 9.07. The summed E-state index contributed by atoms with van der Waals surface area (Å²) < 4.78 is 21.8. The Bertz CT molecular complexity index is 936. The molecule has 2 aromatic carbocycles. The minimum absolute atomic E-state index is 0.217. The molecule has 1 aliphatic heterocycles. The largest absolute Gasteiger partial charge is 0.493 e. The van der Waals surface area contributed by atoms with Gasteiger partial charge in [0.05, 0.1) is 12.7 Å². The number of hydrogen-bond acceptors (Lipinski definition) is 6. The Labute approximate surface area is 176 Å². The Morgan fingerprint density at radius 1 is 1.10 bits per heavy atom. The standard InChI is InChI=1S/C23H27NO6/c1-13(2)17-8-6-7-14(3)20(17)24-22(25)15(4)30-23(26)16-11-18(27-5)21-19(12-16)28-9-10-29-21/h6-8,11-13,15H,9-10H2,1-5H3,(H,24,25)/t15-/m0/s1. The van der Waals surface area contributed by atoms with E-state index in [2.05, 4.69) is 19.2 Å². The van der Waals surface area contributed by atoms with E-state index in [4.69, 9.17) is 18.9 Å². The summed E-state index contributed by atoms with van der Waals surface area (Å²) in [6.45, 7) is 8.37. The van der Waals surface area contributed by atoms with Crippen LogP contribution in [0.25, 0.3) is 0 Å². The molecule has 0 saturated carbocycles. The number of aryl methyl sites for hydroxylation is 1. The van der Waals surface area contributed by atoms with Crippen LogP contribution >= 0.6 is 0 Å². The number of para-hydroxylation sites is 1. The highest BCUT2D eigenvalue weighted by Gasteiger charge is 2.25. The van der Waals surface area contributed by atoms with E-state index < -0.39 is 18.0 Å². The first kappa shape index (κ1) is 21.5. The molecule has 0 aromatic heterocycles. The van der Waals surface area contributed by atoms with Crippen LogP contribution in [0.5, 0.6) is 17.2 Å². The number of ether oxygens (including phenoxy) is 4. The first-order chi connectivity index (χ1) is 14.3. The maximum Gasteiger partial charge on any atom is 0.339 e. The van der Waals surface area contributed by atoms with Gasteiger partial charge in [0.2, 0.25) is 5.75 Å².